The van der Waals surface area contributed by atoms with Crippen molar-refractivity contribution in [1.29, 1.82) is 0 Å². The van der Waals surface area contributed by atoms with E-state index in [1.165, 1.54) is 5.57 Å². The number of hydrogen-bond acceptors (Lipinski definition) is 3. The molecule has 0 aromatic rings. The molecule has 0 bridgehead atoms. The molecule has 0 aliphatic rings. The van der Waals surface area contributed by atoms with Crippen molar-refractivity contribution >= 4 is 12.1 Å². The standard InChI is InChI=1S/C9H19NO2.C6H11N.C2H6/c1-3-7-12-8-5-6-9(11)10-4-2;1-6(2)4-5-7-3;1-2/h3-8H2,1-2H3,(H,10,11);4-5H,1-3H3;1-2H3. The molecule has 0 rings (SSSR count). The summed E-state index contributed by atoms with van der Waals surface area (Å²) in [4.78, 5) is 14.7. The maximum atomic E-state index is 10.9. The van der Waals surface area contributed by atoms with Crippen LogP contribution in [0.3, 0.4) is 0 Å². The van der Waals surface area contributed by atoms with Gasteiger partial charge in [0.05, 0.1) is 0 Å². The van der Waals surface area contributed by atoms with Crippen LogP contribution in [0.5, 0.6) is 0 Å². The van der Waals surface area contributed by atoms with Gasteiger partial charge in [0.1, 0.15) is 0 Å². The highest BCUT2D eigenvalue weighted by atomic mass is 16.5. The summed E-state index contributed by atoms with van der Waals surface area (Å²) in [5.41, 5.74) is 1.28. The van der Waals surface area contributed by atoms with Gasteiger partial charge in [-0.1, -0.05) is 26.3 Å². The van der Waals surface area contributed by atoms with Gasteiger partial charge in [-0.2, -0.15) is 0 Å². The molecule has 0 saturated heterocycles. The van der Waals surface area contributed by atoms with Crippen molar-refractivity contribution < 1.29 is 9.53 Å². The first kappa shape index (κ1) is 24.8. The number of carbonyl (C=O) groups excluding carboxylic acids is 1. The van der Waals surface area contributed by atoms with Gasteiger partial charge >= 0.3 is 0 Å². The van der Waals surface area contributed by atoms with Crippen molar-refractivity contribution in [3.05, 3.63) is 11.6 Å². The normalized spacial score (nSPS) is 9.10. The topological polar surface area (TPSA) is 50.7 Å². The molecule has 0 spiro atoms. The van der Waals surface area contributed by atoms with Crippen LogP contribution in [0.15, 0.2) is 16.6 Å². The molecule has 0 aromatic carbocycles. The Morgan fingerprint density at radius 2 is 1.81 bits per heavy atom. The molecule has 0 heterocycles. The summed E-state index contributed by atoms with van der Waals surface area (Å²) in [6.45, 7) is 14.3. The largest absolute Gasteiger partial charge is 0.381 e. The van der Waals surface area contributed by atoms with Gasteiger partial charge in [0.25, 0.3) is 0 Å². The van der Waals surface area contributed by atoms with Crippen LogP contribution in [0.25, 0.3) is 0 Å². The molecule has 4 heteroatoms. The molecule has 4 nitrogen and oxygen atoms in total. The average Bonchev–Trinajstić information content (AvgIpc) is 2.48. The van der Waals surface area contributed by atoms with Crippen LogP contribution < -0.4 is 5.32 Å². The van der Waals surface area contributed by atoms with Crippen molar-refractivity contribution in [2.24, 2.45) is 4.99 Å². The molecule has 0 unspecified atom stereocenters. The van der Waals surface area contributed by atoms with E-state index in [1.54, 1.807) is 13.3 Å². The third-order valence-corrected chi connectivity index (χ3v) is 1.97. The smallest absolute Gasteiger partial charge is 0.220 e. The molecule has 0 atom stereocenters. The summed E-state index contributed by atoms with van der Waals surface area (Å²) in [6, 6.07) is 0. The highest BCUT2D eigenvalue weighted by Gasteiger charge is 1.97. The zero-order chi connectivity index (χ0) is 16.9. The number of carbonyl (C=O) groups is 1. The van der Waals surface area contributed by atoms with Gasteiger partial charge in [-0.25, -0.2) is 0 Å². The molecule has 0 aliphatic heterocycles. The van der Waals surface area contributed by atoms with E-state index in [0.717, 1.165) is 19.4 Å². The van der Waals surface area contributed by atoms with Crippen molar-refractivity contribution in [1.82, 2.24) is 5.32 Å². The SMILES string of the molecule is CC.CCCOCCCC(=O)NCC.CN=CC=C(C)C. The summed E-state index contributed by atoms with van der Waals surface area (Å²) in [5.74, 6) is 0.123. The average molecular weight is 300 g/mol. The Balaban J connectivity index is -0.000000307. The summed E-state index contributed by atoms with van der Waals surface area (Å²) in [5, 5.41) is 2.74. The highest BCUT2D eigenvalue weighted by Crippen LogP contribution is 1.91. The van der Waals surface area contributed by atoms with Gasteiger partial charge in [-0.3, -0.25) is 9.79 Å². The minimum absolute atomic E-state index is 0.123. The highest BCUT2D eigenvalue weighted by molar-refractivity contribution is 5.75. The quantitative estimate of drug-likeness (QED) is 0.544. The van der Waals surface area contributed by atoms with Gasteiger partial charge in [0, 0.05) is 39.4 Å². The van der Waals surface area contributed by atoms with E-state index in [4.69, 9.17) is 4.74 Å². The molecule has 0 radical (unpaired) electrons. The first-order chi connectivity index (χ1) is 10.1. The van der Waals surface area contributed by atoms with Crippen molar-refractivity contribution in [3.8, 4) is 0 Å². The summed E-state index contributed by atoms with van der Waals surface area (Å²) in [7, 11) is 1.76. The minimum Gasteiger partial charge on any atom is -0.381 e. The molecule has 1 N–H and O–H groups in total. The maximum absolute atomic E-state index is 10.9. The van der Waals surface area contributed by atoms with Gasteiger partial charge in [-0.15, -0.1) is 0 Å². The number of amides is 1. The maximum Gasteiger partial charge on any atom is 0.220 e. The zero-order valence-electron chi connectivity index (χ0n) is 15.2. The summed E-state index contributed by atoms with van der Waals surface area (Å²) < 4.78 is 5.23. The number of allylic oxidation sites excluding steroid dienone is 2. The molecule has 21 heavy (non-hydrogen) atoms. The van der Waals surface area contributed by atoms with E-state index >= 15 is 0 Å². The zero-order valence-corrected chi connectivity index (χ0v) is 15.2. The van der Waals surface area contributed by atoms with Crippen molar-refractivity contribution in [2.75, 3.05) is 26.8 Å². The van der Waals surface area contributed by atoms with Crippen molar-refractivity contribution in [3.63, 3.8) is 0 Å². The number of ether oxygens (including phenoxy) is 1. The lowest BCUT2D eigenvalue weighted by atomic mass is 10.3. The second-order valence-corrected chi connectivity index (χ2v) is 4.32. The summed E-state index contributed by atoms with van der Waals surface area (Å²) in [6.07, 6.45) is 6.21. The first-order valence-corrected chi connectivity index (χ1v) is 7.98. The minimum atomic E-state index is 0.123. The lowest BCUT2D eigenvalue weighted by Gasteiger charge is -2.02. The van der Waals surface area contributed by atoms with E-state index in [0.29, 0.717) is 19.6 Å². The van der Waals surface area contributed by atoms with Crippen LogP contribution >= 0.6 is 0 Å². The molecular formula is C17H36N2O2. The van der Waals surface area contributed by atoms with Crippen LogP contribution in [0.1, 0.15) is 60.8 Å². The predicted molar refractivity (Wildman–Crippen MR) is 94.2 cm³/mol. The molecule has 126 valence electrons. The summed E-state index contributed by atoms with van der Waals surface area (Å²) >= 11 is 0. The fourth-order valence-corrected chi connectivity index (χ4v) is 1.09. The third-order valence-electron chi connectivity index (χ3n) is 1.97. The third kappa shape index (κ3) is 32.4. The van der Waals surface area contributed by atoms with E-state index in [-0.39, 0.29) is 5.91 Å². The predicted octanol–water partition coefficient (Wildman–Crippen LogP) is 4.01. The Kier molecular flexibility index (Phi) is 28.3. The van der Waals surface area contributed by atoms with E-state index in [1.807, 2.05) is 40.7 Å². The van der Waals surface area contributed by atoms with E-state index < -0.39 is 0 Å². The Morgan fingerprint density at radius 3 is 2.19 bits per heavy atom. The molecule has 0 saturated carbocycles. The van der Waals surface area contributed by atoms with Gasteiger partial charge < -0.3 is 10.1 Å². The second-order valence-electron chi connectivity index (χ2n) is 4.32. The number of hydrogen-bond donors (Lipinski definition) is 1. The second kappa shape index (κ2) is 23.9. The van der Waals surface area contributed by atoms with Gasteiger partial charge in [0.2, 0.25) is 5.91 Å². The Labute approximate surface area is 132 Å². The lowest BCUT2D eigenvalue weighted by Crippen LogP contribution is -2.22. The number of nitrogens with zero attached hydrogens (tertiary/aromatic N) is 1. The molecule has 0 aliphatic carbocycles. The monoisotopic (exact) mass is 300 g/mol. The molecule has 0 fully saturated rings. The number of rotatable bonds is 8. The van der Waals surface area contributed by atoms with Crippen LogP contribution in [0.2, 0.25) is 0 Å². The van der Waals surface area contributed by atoms with Crippen LogP contribution in [-0.2, 0) is 9.53 Å². The van der Waals surface area contributed by atoms with E-state index in [2.05, 4.69) is 17.2 Å². The molecule has 1 amide bonds. The Morgan fingerprint density at radius 1 is 1.19 bits per heavy atom. The number of nitrogens with one attached hydrogen (secondary N) is 1. The molecule has 0 aromatic heterocycles. The first-order valence-electron chi connectivity index (χ1n) is 7.98. The Hall–Kier alpha value is -1.16. The van der Waals surface area contributed by atoms with E-state index in [9.17, 15) is 4.79 Å². The van der Waals surface area contributed by atoms with Crippen LogP contribution in [0.4, 0.5) is 0 Å². The molecular weight excluding hydrogens is 264 g/mol. The van der Waals surface area contributed by atoms with Gasteiger partial charge in [0.15, 0.2) is 0 Å². The fraction of sp³-hybridized carbons (Fsp3) is 0.765. The number of aliphatic imine (C=N–C) groups is 1. The van der Waals surface area contributed by atoms with Crippen LogP contribution in [0, 0.1) is 0 Å². The van der Waals surface area contributed by atoms with Crippen molar-refractivity contribution in [2.45, 2.75) is 60.8 Å². The van der Waals surface area contributed by atoms with Gasteiger partial charge in [-0.05, 0) is 39.7 Å². The Bertz CT molecular complexity index is 258. The van der Waals surface area contributed by atoms with Crippen LogP contribution in [-0.4, -0.2) is 38.9 Å². The lowest BCUT2D eigenvalue weighted by molar-refractivity contribution is -0.121. The fourth-order valence-electron chi connectivity index (χ4n) is 1.09.